The van der Waals surface area contributed by atoms with Crippen LogP contribution in [0.15, 0.2) is 48.5 Å². The molecule has 2 amide bonds. The van der Waals surface area contributed by atoms with Crippen molar-refractivity contribution >= 4 is 11.7 Å². The lowest BCUT2D eigenvalue weighted by Gasteiger charge is -2.40. The van der Waals surface area contributed by atoms with Gasteiger partial charge in [0.1, 0.15) is 0 Å². The van der Waals surface area contributed by atoms with Crippen LogP contribution in [-0.4, -0.2) is 37.7 Å². The number of tetrazole rings is 1. The molecule has 0 radical (unpaired) electrons. The molecule has 1 saturated carbocycles. The van der Waals surface area contributed by atoms with Crippen molar-refractivity contribution in [1.82, 2.24) is 25.1 Å². The molecular formula is C29H40N6O. The summed E-state index contributed by atoms with van der Waals surface area (Å²) in [7, 11) is 1.90. The predicted octanol–water partition coefficient (Wildman–Crippen LogP) is 6.39. The number of urea groups is 1. The Morgan fingerprint density at radius 3 is 2.17 bits per heavy atom. The molecule has 7 nitrogen and oxygen atoms in total. The summed E-state index contributed by atoms with van der Waals surface area (Å²) in [6, 6.07) is 16.5. The Labute approximate surface area is 215 Å². The molecule has 1 aliphatic rings. The summed E-state index contributed by atoms with van der Waals surface area (Å²) >= 11 is 0. The summed E-state index contributed by atoms with van der Waals surface area (Å²) in [5, 5.41) is 15.9. The van der Waals surface area contributed by atoms with E-state index in [9.17, 15) is 4.79 Å². The highest BCUT2D eigenvalue weighted by atomic mass is 16.2. The van der Waals surface area contributed by atoms with Crippen LogP contribution in [0.2, 0.25) is 0 Å². The van der Waals surface area contributed by atoms with Crippen molar-refractivity contribution in [3.05, 3.63) is 71.0 Å². The van der Waals surface area contributed by atoms with Crippen LogP contribution in [-0.2, 0) is 19.0 Å². The molecule has 0 atom stereocenters. The van der Waals surface area contributed by atoms with E-state index in [1.807, 2.05) is 30.1 Å². The molecule has 1 aliphatic carbocycles. The van der Waals surface area contributed by atoms with Gasteiger partial charge in [0.2, 0.25) is 0 Å². The monoisotopic (exact) mass is 488 g/mol. The molecule has 1 N–H and O–H groups in total. The van der Waals surface area contributed by atoms with E-state index in [2.05, 4.69) is 78.9 Å². The summed E-state index contributed by atoms with van der Waals surface area (Å²) in [6.45, 7) is 9.80. The van der Waals surface area contributed by atoms with Gasteiger partial charge in [-0.1, -0.05) is 95.5 Å². The zero-order chi connectivity index (χ0) is 25.7. The summed E-state index contributed by atoms with van der Waals surface area (Å²) in [6.07, 6.45) is 5.37. The maximum Gasteiger partial charge on any atom is 0.322 e. The lowest BCUT2D eigenvalue weighted by molar-refractivity contribution is 0.162. The van der Waals surface area contributed by atoms with Gasteiger partial charge in [0.05, 0.1) is 0 Å². The maximum atomic E-state index is 14.1. The highest BCUT2D eigenvalue weighted by Gasteiger charge is 2.41. The van der Waals surface area contributed by atoms with E-state index < -0.39 is 0 Å². The van der Waals surface area contributed by atoms with Crippen molar-refractivity contribution in [1.29, 1.82) is 0 Å². The molecule has 3 aromatic rings. The lowest BCUT2D eigenvalue weighted by Crippen LogP contribution is -2.47. The molecule has 0 saturated heterocycles. The first kappa shape index (κ1) is 25.9. The number of amides is 2. The van der Waals surface area contributed by atoms with Crippen molar-refractivity contribution in [2.24, 2.45) is 7.05 Å². The Hall–Kier alpha value is -3.22. The van der Waals surface area contributed by atoms with Gasteiger partial charge in [-0.05, 0) is 51.8 Å². The lowest BCUT2D eigenvalue weighted by atomic mass is 9.73. The Morgan fingerprint density at radius 2 is 1.61 bits per heavy atom. The highest BCUT2D eigenvalue weighted by Crippen LogP contribution is 2.40. The second-order valence-electron chi connectivity index (χ2n) is 10.9. The second kappa shape index (κ2) is 11.2. The number of benzene rings is 2. The first-order chi connectivity index (χ1) is 17.3. The zero-order valence-electron chi connectivity index (χ0n) is 22.4. The molecule has 36 heavy (non-hydrogen) atoms. The van der Waals surface area contributed by atoms with E-state index in [1.54, 1.807) is 4.68 Å². The van der Waals surface area contributed by atoms with Crippen LogP contribution in [0.25, 0.3) is 0 Å². The highest BCUT2D eigenvalue weighted by molar-refractivity contribution is 5.91. The third kappa shape index (κ3) is 5.61. The molecule has 192 valence electrons. The number of hydrogen-bond acceptors (Lipinski definition) is 4. The van der Waals surface area contributed by atoms with Gasteiger partial charge in [-0.25, -0.2) is 9.48 Å². The van der Waals surface area contributed by atoms with E-state index in [0.717, 1.165) is 42.8 Å². The van der Waals surface area contributed by atoms with Gasteiger partial charge in [0.25, 0.3) is 0 Å². The van der Waals surface area contributed by atoms with Crippen LogP contribution in [0.5, 0.6) is 0 Å². The van der Waals surface area contributed by atoms with Gasteiger partial charge in [-0.15, -0.1) is 5.10 Å². The van der Waals surface area contributed by atoms with Gasteiger partial charge >= 0.3 is 6.03 Å². The van der Waals surface area contributed by atoms with Crippen LogP contribution in [0.1, 0.15) is 94.1 Å². The number of aromatic nitrogens is 4. The standard InChI is InChI=1S/C29H40N6O/c1-21(2)24-15-12-16-25(22(3)4)26(24)30-28(36)35(19-23-13-8-6-9-14-23)20-29(17-10-7-11-18-29)27-31-32-33-34(27)5/h6,8-9,12-16,21-22H,7,10-11,17-20H2,1-5H3,(H,30,36). The minimum Gasteiger partial charge on any atom is -0.319 e. The maximum absolute atomic E-state index is 14.1. The number of carbonyl (C=O) groups excluding carboxylic acids is 1. The Kier molecular flexibility index (Phi) is 8.07. The van der Waals surface area contributed by atoms with Crippen molar-refractivity contribution in [2.75, 3.05) is 11.9 Å². The van der Waals surface area contributed by atoms with Crippen LogP contribution in [0.4, 0.5) is 10.5 Å². The number of hydrogen-bond donors (Lipinski definition) is 1. The van der Waals surface area contributed by atoms with Gasteiger partial charge in [0, 0.05) is 31.2 Å². The van der Waals surface area contributed by atoms with Crippen molar-refractivity contribution in [3.63, 3.8) is 0 Å². The largest absolute Gasteiger partial charge is 0.322 e. The van der Waals surface area contributed by atoms with Crippen LogP contribution in [0, 0.1) is 0 Å². The van der Waals surface area contributed by atoms with Gasteiger partial charge in [-0.3, -0.25) is 0 Å². The SMILES string of the molecule is CC(C)c1cccc(C(C)C)c1NC(=O)N(Cc1ccccc1)CC1(c2nnnn2C)CCCCC1. The first-order valence-electron chi connectivity index (χ1n) is 13.3. The molecule has 7 heteroatoms. The summed E-state index contributed by atoms with van der Waals surface area (Å²) in [4.78, 5) is 16.1. The van der Waals surface area contributed by atoms with E-state index >= 15 is 0 Å². The number of rotatable bonds is 8. The molecule has 0 aliphatic heterocycles. The second-order valence-corrected chi connectivity index (χ2v) is 10.9. The van der Waals surface area contributed by atoms with E-state index in [1.165, 1.54) is 17.5 Å². The fourth-order valence-corrected chi connectivity index (χ4v) is 5.61. The number of para-hydroxylation sites is 1. The first-order valence-corrected chi connectivity index (χ1v) is 13.3. The number of nitrogens with one attached hydrogen (secondary N) is 1. The number of anilines is 1. The number of carbonyl (C=O) groups is 1. The fraction of sp³-hybridized carbons (Fsp3) is 0.517. The minimum absolute atomic E-state index is 0.0751. The van der Waals surface area contributed by atoms with Crippen molar-refractivity contribution < 1.29 is 4.79 Å². The van der Waals surface area contributed by atoms with Crippen LogP contribution in [0.3, 0.4) is 0 Å². The van der Waals surface area contributed by atoms with Crippen molar-refractivity contribution in [3.8, 4) is 0 Å². The molecular weight excluding hydrogens is 448 g/mol. The Balaban J connectivity index is 1.71. The number of aryl methyl sites for hydroxylation is 1. The molecule has 1 heterocycles. The smallest absolute Gasteiger partial charge is 0.319 e. The van der Waals surface area contributed by atoms with Crippen molar-refractivity contribution in [2.45, 2.75) is 83.6 Å². The number of nitrogens with zero attached hydrogens (tertiary/aromatic N) is 5. The minimum atomic E-state index is -0.263. The van der Waals surface area contributed by atoms with Gasteiger partial charge in [-0.2, -0.15) is 0 Å². The third-order valence-corrected chi connectivity index (χ3v) is 7.51. The molecule has 1 aromatic heterocycles. The average Bonchev–Trinajstić information content (AvgIpc) is 3.31. The molecule has 1 fully saturated rings. The average molecular weight is 489 g/mol. The molecule has 0 spiro atoms. The summed E-state index contributed by atoms with van der Waals surface area (Å²) < 4.78 is 1.79. The van der Waals surface area contributed by atoms with Crippen LogP contribution >= 0.6 is 0 Å². The quantitative estimate of drug-likeness (QED) is 0.398. The molecule has 4 rings (SSSR count). The normalized spacial score (nSPS) is 15.3. The van der Waals surface area contributed by atoms with Gasteiger partial charge in [0.15, 0.2) is 5.82 Å². The summed E-state index contributed by atoms with van der Waals surface area (Å²) in [5.41, 5.74) is 4.12. The fourth-order valence-electron chi connectivity index (χ4n) is 5.61. The Bertz CT molecular complexity index is 1120. The zero-order valence-corrected chi connectivity index (χ0v) is 22.4. The molecule has 0 bridgehead atoms. The van der Waals surface area contributed by atoms with E-state index in [0.29, 0.717) is 24.9 Å². The third-order valence-electron chi connectivity index (χ3n) is 7.51. The van der Waals surface area contributed by atoms with E-state index in [4.69, 9.17) is 0 Å². The predicted molar refractivity (Wildman–Crippen MR) is 144 cm³/mol. The topological polar surface area (TPSA) is 75.9 Å². The van der Waals surface area contributed by atoms with Gasteiger partial charge < -0.3 is 10.2 Å². The molecule has 0 unspecified atom stereocenters. The summed E-state index contributed by atoms with van der Waals surface area (Å²) in [5.74, 6) is 1.48. The van der Waals surface area contributed by atoms with Crippen LogP contribution < -0.4 is 5.32 Å². The molecule has 2 aromatic carbocycles. The Morgan fingerprint density at radius 1 is 0.972 bits per heavy atom. The van der Waals surface area contributed by atoms with E-state index in [-0.39, 0.29) is 11.4 Å².